The van der Waals surface area contributed by atoms with E-state index in [2.05, 4.69) is 0 Å². The molecule has 1 amide bonds. The molecule has 1 fully saturated rings. The van der Waals surface area contributed by atoms with E-state index in [1.165, 1.54) is 0 Å². The zero-order valence-electron chi connectivity index (χ0n) is 15.0. The van der Waals surface area contributed by atoms with Gasteiger partial charge in [0, 0.05) is 13.1 Å². The normalized spacial score (nSPS) is 21.2. The van der Waals surface area contributed by atoms with Gasteiger partial charge in [0.2, 0.25) is 0 Å². The van der Waals surface area contributed by atoms with Crippen molar-refractivity contribution < 1.29 is 19.1 Å². The molecule has 0 N–H and O–H groups in total. The monoisotopic (exact) mass is 333 g/mol. The van der Waals surface area contributed by atoms with Gasteiger partial charge in [-0.1, -0.05) is 30.3 Å². The zero-order valence-corrected chi connectivity index (χ0v) is 15.0. The van der Waals surface area contributed by atoms with E-state index in [0.29, 0.717) is 19.6 Å². The number of likely N-dealkylation sites (tertiary alicyclic amines) is 1. The van der Waals surface area contributed by atoms with E-state index in [1.54, 1.807) is 11.8 Å². The second-order valence-corrected chi connectivity index (χ2v) is 7.17. The summed E-state index contributed by atoms with van der Waals surface area (Å²) >= 11 is 0. The first-order valence-electron chi connectivity index (χ1n) is 8.49. The highest BCUT2D eigenvalue weighted by Gasteiger charge is 2.46. The molecule has 1 aliphatic rings. The molecule has 0 unspecified atom stereocenters. The fourth-order valence-corrected chi connectivity index (χ4v) is 3.08. The molecule has 0 bridgehead atoms. The lowest BCUT2D eigenvalue weighted by Crippen LogP contribution is -2.54. The van der Waals surface area contributed by atoms with E-state index >= 15 is 0 Å². The molecule has 132 valence electrons. The van der Waals surface area contributed by atoms with Crippen LogP contribution < -0.4 is 0 Å². The predicted molar refractivity (Wildman–Crippen MR) is 91.8 cm³/mol. The fraction of sp³-hybridized carbons (Fsp3) is 0.579. The number of amides is 1. The van der Waals surface area contributed by atoms with Crippen LogP contribution in [0.15, 0.2) is 30.3 Å². The van der Waals surface area contributed by atoms with Crippen LogP contribution in [-0.2, 0) is 19.7 Å². The minimum absolute atomic E-state index is 0.274. The molecule has 0 spiro atoms. The molecule has 0 aliphatic carbocycles. The molecule has 0 radical (unpaired) electrons. The van der Waals surface area contributed by atoms with Crippen LogP contribution in [0.4, 0.5) is 4.79 Å². The van der Waals surface area contributed by atoms with Gasteiger partial charge in [-0.2, -0.15) is 0 Å². The average Bonchev–Trinajstić information content (AvgIpc) is 2.54. The van der Waals surface area contributed by atoms with Crippen molar-refractivity contribution >= 4 is 12.1 Å². The Hall–Kier alpha value is -2.04. The largest absolute Gasteiger partial charge is 0.465 e. The Kier molecular flexibility index (Phi) is 5.52. The Morgan fingerprint density at radius 2 is 1.88 bits per heavy atom. The topological polar surface area (TPSA) is 55.8 Å². The van der Waals surface area contributed by atoms with Crippen LogP contribution in [0.25, 0.3) is 0 Å². The van der Waals surface area contributed by atoms with Gasteiger partial charge in [0.05, 0.1) is 6.61 Å². The van der Waals surface area contributed by atoms with Crippen LogP contribution in [0.3, 0.4) is 0 Å². The van der Waals surface area contributed by atoms with Crippen LogP contribution in [0.2, 0.25) is 0 Å². The first-order chi connectivity index (χ1) is 11.3. The molecular weight excluding hydrogens is 306 g/mol. The van der Waals surface area contributed by atoms with Crippen molar-refractivity contribution in [3.8, 4) is 0 Å². The number of benzene rings is 1. The van der Waals surface area contributed by atoms with Crippen LogP contribution in [0.1, 0.15) is 46.1 Å². The number of hydrogen-bond acceptors (Lipinski definition) is 4. The fourth-order valence-electron chi connectivity index (χ4n) is 3.08. The number of piperidine rings is 1. The van der Waals surface area contributed by atoms with Gasteiger partial charge in [-0.25, -0.2) is 4.79 Å². The van der Waals surface area contributed by atoms with E-state index in [0.717, 1.165) is 12.0 Å². The number of nitrogens with zero attached hydrogens (tertiary/aromatic N) is 1. The molecular formula is C19H27NO4. The van der Waals surface area contributed by atoms with Gasteiger partial charge in [-0.15, -0.1) is 0 Å². The summed E-state index contributed by atoms with van der Waals surface area (Å²) < 4.78 is 10.8. The van der Waals surface area contributed by atoms with Gasteiger partial charge in [-0.05, 0) is 46.1 Å². The third-order valence-corrected chi connectivity index (χ3v) is 4.14. The number of rotatable bonds is 3. The molecule has 24 heavy (non-hydrogen) atoms. The van der Waals surface area contributed by atoms with Crippen LogP contribution >= 0.6 is 0 Å². The molecule has 1 atom stereocenters. The predicted octanol–water partition coefficient (Wildman–Crippen LogP) is 3.52. The van der Waals surface area contributed by atoms with Crippen molar-refractivity contribution in [3.63, 3.8) is 0 Å². The summed E-state index contributed by atoms with van der Waals surface area (Å²) in [7, 11) is 0. The lowest BCUT2D eigenvalue weighted by atomic mass is 9.74. The van der Waals surface area contributed by atoms with E-state index in [9.17, 15) is 9.59 Å². The number of carbonyl (C=O) groups excluding carboxylic acids is 2. The number of ether oxygens (including phenoxy) is 2. The molecule has 0 aromatic heterocycles. The van der Waals surface area contributed by atoms with Crippen molar-refractivity contribution in [1.29, 1.82) is 0 Å². The number of carbonyl (C=O) groups is 2. The molecule has 2 rings (SSSR count). The summed E-state index contributed by atoms with van der Waals surface area (Å²) in [5.74, 6) is -0.274. The number of esters is 1. The van der Waals surface area contributed by atoms with Gasteiger partial charge >= 0.3 is 12.1 Å². The summed E-state index contributed by atoms with van der Waals surface area (Å²) in [5.41, 5.74) is -0.503. The zero-order chi connectivity index (χ0) is 17.8. The Labute approximate surface area is 143 Å². The average molecular weight is 333 g/mol. The molecule has 1 saturated heterocycles. The maximum absolute atomic E-state index is 12.8. The van der Waals surface area contributed by atoms with Crippen molar-refractivity contribution in [2.75, 3.05) is 19.7 Å². The minimum Gasteiger partial charge on any atom is -0.465 e. The third-order valence-electron chi connectivity index (χ3n) is 4.14. The van der Waals surface area contributed by atoms with Crippen molar-refractivity contribution in [3.05, 3.63) is 35.9 Å². The lowest BCUT2D eigenvalue weighted by molar-refractivity contribution is -0.152. The highest BCUT2D eigenvalue weighted by molar-refractivity contribution is 5.85. The molecule has 1 heterocycles. The van der Waals surface area contributed by atoms with Crippen molar-refractivity contribution in [2.45, 2.75) is 51.6 Å². The van der Waals surface area contributed by atoms with Gasteiger partial charge in [-0.3, -0.25) is 4.79 Å². The van der Waals surface area contributed by atoms with Crippen molar-refractivity contribution in [1.82, 2.24) is 4.90 Å². The maximum Gasteiger partial charge on any atom is 0.410 e. The van der Waals surface area contributed by atoms with Gasteiger partial charge < -0.3 is 14.4 Å². The second-order valence-electron chi connectivity index (χ2n) is 7.17. The first kappa shape index (κ1) is 18.3. The molecule has 1 aliphatic heterocycles. The lowest BCUT2D eigenvalue weighted by Gasteiger charge is -2.41. The van der Waals surface area contributed by atoms with E-state index in [-0.39, 0.29) is 18.6 Å². The van der Waals surface area contributed by atoms with Gasteiger partial charge in [0.1, 0.15) is 11.0 Å². The van der Waals surface area contributed by atoms with E-state index in [1.807, 2.05) is 51.1 Å². The number of hydrogen-bond donors (Lipinski definition) is 0. The SMILES string of the molecule is CCOC(=O)[C@]1(c2ccccc2)CCCN(C(=O)OC(C)(C)C)C1. The first-order valence-corrected chi connectivity index (χ1v) is 8.49. The molecule has 5 heteroatoms. The Balaban J connectivity index is 2.30. The highest BCUT2D eigenvalue weighted by atomic mass is 16.6. The Morgan fingerprint density at radius 1 is 1.21 bits per heavy atom. The highest BCUT2D eigenvalue weighted by Crippen LogP contribution is 2.36. The summed E-state index contributed by atoms with van der Waals surface area (Å²) in [6, 6.07) is 9.58. The van der Waals surface area contributed by atoms with Crippen LogP contribution in [0, 0.1) is 0 Å². The summed E-state index contributed by atoms with van der Waals surface area (Å²) in [4.78, 5) is 26.9. The van der Waals surface area contributed by atoms with Crippen LogP contribution in [0.5, 0.6) is 0 Å². The molecule has 1 aromatic carbocycles. The summed E-state index contributed by atoms with van der Waals surface area (Å²) in [6.07, 6.45) is 1.01. The molecule has 5 nitrogen and oxygen atoms in total. The molecule has 1 aromatic rings. The van der Waals surface area contributed by atoms with Gasteiger partial charge in [0.15, 0.2) is 0 Å². The smallest absolute Gasteiger partial charge is 0.410 e. The quantitative estimate of drug-likeness (QED) is 0.794. The van der Waals surface area contributed by atoms with E-state index < -0.39 is 11.0 Å². The third kappa shape index (κ3) is 4.08. The van der Waals surface area contributed by atoms with Gasteiger partial charge in [0.25, 0.3) is 0 Å². The second kappa shape index (κ2) is 7.24. The minimum atomic E-state index is -0.827. The maximum atomic E-state index is 12.8. The Morgan fingerprint density at radius 3 is 2.46 bits per heavy atom. The summed E-state index contributed by atoms with van der Waals surface area (Å²) in [6.45, 7) is 8.50. The standard InChI is InChI=1S/C19H27NO4/c1-5-23-16(21)19(15-10-7-6-8-11-15)12-9-13-20(14-19)17(22)24-18(2,3)4/h6-8,10-11H,5,9,12-14H2,1-4H3/t19-/m1/s1. The van der Waals surface area contributed by atoms with Crippen molar-refractivity contribution in [2.24, 2.45) is 0 Å². The summed E-state index contributed by atoms with van der Waals surface area (Å²) in [5, 5.41) is 0. The Bertz CT molecular complexity index is 579. The molecule has 0 saturated carbocycles. The van der Waals surface area contributed by atoms with E-state index in [4.69, 9.17) is 9.47 Å². The van der Waals surface area contributed by atoms with Crippen LogP contribution in [-0.4, -0.2) is 42.3 Å².